The molecule has 2 aliphatic heterocycles. The Morgan fingerprint density at radius 2 is 1.57 bits per heavy atom. The summed E-state index contributed by atoms with van der Waals surface area (Å²) in [5.41, 5.74) is 5.83. The number of nitrogens with two attached hydrogens (primary N) is 1. The normalized spacial score (nSPS) is 18.1. The number of hydrogen-bond donors (Lipinski definition) is 1. The van der Waals surface area contributed by atoms with Crippen LogP contribution in [0.15, 0.2) is 29.2 Å². The van der Waals surface area contributed by atoms with Crippen molar-refractivity contribution >= 4 is 29.5 Å². The average Bonchev–Trinajstić information content (AvgIpc) is 2.73. The Labute approximate surface area is 170 Å². The van der Waals surface area contributed by atoms with Crippen molar-refractivity contribution in [3.63, 3.8) is 0 Å². The zero-order valence-electron chi connectivity index (χ0n) is 16.1. The molecule has 0 aromatic heterocycles. The lowest BCUT2D eigenvalue weighted by molar-refractivity contribution is -0.133. The highest BCUT2D eigenvalue weighted by molar-refractivity contribution is 8.00. The summed E-state index contributed by atoms with van der Waals surface area (Å²) in [6, 6.07) is 7.31. The Bertz CT molecular complexity index is 713. The van der Waals surface area contributed by atoms with E-state index in [1.807, 2.05) is 28.0 Å². The fraction of sp³-hybridized carbons (Fsp3) is 0.550. The van der Waals surface area contributed by atoms with Gasteiger partial charge in [-0.1, -0.05) is 12.1 Å². The van der Waals surface area contributed by atoms with E-state index in [2.05, 4.69) is 4.90 Å². The van der Waals surface area contributed by atoms with E-state index < -0.39 is 5.91 Å². The van der Waals surface area contributed by atoms with E-state index in [0.717, 1.165) is 30.8 Å². The number of piperazine rings is 1. The molecule has 0 saturated carbocycles. The first-order valence-corrected chi connectivity index (χ1v) is 10.8. The summed E-state index contributed by atoms with van der Waals surface area (Å²) >= 11 is 1.29. The maximum Gasteiger partial charge on any atom is 0.255 e. The van der Waals surface area contributed by atoms with E-state index in [1.54, 1.807) is 6.07 Å². The number of primary amides is 1. The number of rotatable bonds is 6. The van der Waals surface area contributed by atoms with Gasteiger partial charge in [0.1, 0.15) is 0 Å². The number of benzene rings is 1. The fourth-order valence-electron chi connectivity index (χ4n) is 3.63. The second-order valence-corrected chi connectivity index (χ2v) is 8.28. The highest BCUT2D eigenvalue weighted by Crippen LogP contribution is 2.24. The smallest absolute Gasteiger partial charge is 0.255 e. The lowest BCUT2D eigenvalue weighted by Gasteiger charge is -2.36. The van der Waals surface area contributed by atoms with Crippen LogP contribution in [0.3, 0.4) is 0 Å². The van der Waals surface area contributed by atoms with Crippen LogP contribution in [0.2, 0.25) is 0 Å². The molecule has 0 spiro atoms. The molecule has 3 amide bonds. The van der Waals surface area contributed by atoms with Crippen LogP contribution in [0, 0.1) is 0 Å². The van der Waals surface area contributed by atoms with E-state index in [4.69, 9.17) is 5.73 Å². The summed E-state index contributed by atoms with van der Waals surface area (Å²) in [5, 5.41) is 0. The van der Waals surface area contributed by atoms with Crippen LogP contribution in [0.25, 0.3) is 0 Å². The fourth-order valence-corrected chi connectivity index (χ4v) is 4.42. The second-order valence-electron chi connectivity index (χ2n) is 7.26. The van der Waals surface area contributed by atoms with Gasteiger partial charge in [0.2, 0.25) is 11.8 Å². The molecule has 0 radical (unpaired) electrons. The minimum Gasteiger partial charge on any atom is -0.369 e. The zero-order valence-corrected chi connectivity index (χ0v) is 17.0. The van der Waals surface area contributed by atoms with Crippen LogP contribution in [0.5, 0.6) is 0 Å². The summed E-state index contributed by atoms with van der Waals surface area (Å²) in [7, 11) is 0. The van der Waals surface area contributed by atoms with Crippen LogP contribution >= 0.6 is 11.8 Å². The largest absolute Gasteiger partial charge is 0.369 e. The van der Waals surface area contributed by atoms with Crippen molar-refractivity contribution in [3.05, 3.63) is 29.8 Å². The third-order valence-electron chi connectivity index (χ3n) is 5.21. The molecule has 2 N–H and O–H groups in total. The van der Waals surface area contributed by atoms with Crippen LogP contribution in [0.1, 0.15) is 29.6 Å². The Morgan fingerprint density at radius 3 is 2.25 bits per heavy atom. The van der Waals surface area contributed by atoms with Gasteiger partial charge < -0.3 is 15.5 Å². The van der Waals surface area contributed by atoms with Crippen LogP contribution < -0.4 is 5.73 Å². The molecule has 2 fully saturated rings. The van der Waals surface area contributed by atoms with Crippen LogP contribution in [-0.4, -0.2) is 84.0 Å². The molecule has 2 saturated heterocycles. The molecule has 2 heterocycles. The van der Waals surface area contributed by atoms with Crippen molar-refractivity contribution in [2.75, 3.05) is 51.6 Å². The highest BCUT2D eigenvalue weighted by atomic mass is 32.2. The van der Waals surface area contributed by atoms with Gasteiger partial charge >= 0.3 is 0 Å². The first-order valence-electron chi connectivity index (χ1n) is 9.84. The molecule has 8 heteroatoms. The third-order valence-corrected chi connectivity index (χ3v) is 6.31. The summed E-state index contributed by atoms with van der Waals surface area (Å²) in [4.78, 5) is 43.1. The average molecular weight is 405 g/mol. The van der Waals surface area contributed by atoms with Crippen molar-refractivity contribution in [2.24, 2.45) is 5.73 Å². The molecule has 28 heavy (non-hydrogen) atoms. The quantitative estimate of drug-likeness (QED) is 0.716. The van der Waals surface area contributed by atoms with Crippen molar-refractivity contribution in [3.8, 4) is 0 Å². The minimum atomic E-state index is -0.403. The Balaban J connectivity index is 1.52. The van der Waals surface area contributed by atoms with Gasteiger partial charge in [0, 0.05) is 44.2 Å². The van der Waals surface area contributed by atoms with E-state index >= 15 is 0 Å². The molecule has 2 aliphatic rings. The number of likely N-dealkylation sites (tertiary alicyclic amines) is 1. The summed E-state index contributed by atoms with van der Waals surface area (Å²) in [5.74, 6) is -0.0852. The number of amides is 3. The lowest BCUT2D eigenvalue weighted by Crippen LogP contribution is -2.52. The van der Waals surface area contributed by atoms with Crippen molar-refractivity contribution in [2.45, 2.75) is 24.2 Å². The third kappa shape index (κ3) is 5.48. The lowest BCUT2D eigenvalue weighted by atomic mass is 10.1. The highest BCUT2D eigenvalue weighted by Gasteiger charge is 2.26. The molecule has 1 aromatic rings. The number of carbonyl (C=O) groups is 3. The first kappa shape index (κ1) is 20.7. The molecule has 0 bridgehead atoms. The molecular weight excluding hydrogens is 376 g/mol. The monoisotopic (exact) mass is 404 g/mol. The Kier molecular flexibility index (Phi) is 7.33. The number of hydrogen-bond acceptors (Lipinski definition) is 5. The molecule has 1 aromatic carbocycles. The van der Waals surface area contributed by atoms with E-state index in [9.17, 15) is 14.4 Å². The van der Waals surface area contributed by atoms with Gasteiger partial charge in [0.05, 0.1) is 17.9 Å². The van der Waals surface area contributed by atoms with Crippen molar-refractivity contribution < 1.29 is 14.4 Å². The van der Waals surface area contributed by atoms with Gasteiger partial charge in [-0.05, 0) is 31.4 Å². The van der Waals surface area contributed by atoms with Crippen LogP contribution in [0.4, 0.5) is 0 Å². The van der Waals surface area contributed by atoms with Gasteiger partial charge in [-0.3, -0.25) is 19.3 Å². The zero-order chi connectivity index (χ0) is 19.9. The summed E-state index contributed by atoms with van der Waals surface area (Å²) in [6.45, 7) is 4.77. The molecule has 7 nitrogen and oxygen atoms in total. The molecule has 0 unspecified atom stereocenters. The predicted molar refractivity (Wildman–Crippen MR) is 109 cm³/mol. The van der Waals surface area contributed by atoms with E-state index in [1.165, 1.54) is 18.2 Å². The summed E-state index contributed by atoms with van der Waals surface area (Å²) < 4.78 is 0. The first-order chi connectivity index (χ1) is 13.5. The summed E-state index contributed by atoms with van der Waals surface area (Å²) in [6.07, 6.45) is 3.41. The van der Waals surface area contributed by atoms with Gasteiger partial charge in [-0.2, -0.15) is 0 Å². The van der Waals surface area contributed by atoms with Gasteiger partial charge in [-0.25, -0.2) is 0 Å². The van der Waals surface area contributed by atoms with Gasteiger partial charge in [0.25, 0.3) is 5.91 Å². The van der Waals surface area contributed by atoms with Gasteiger partial charge in [-0.15, -0.1) is 11.8 Å². The van der Waals surface area contributed by atoms with Gasteiger partial charge in [0.15, 0.2) is 0 Å². The predicted octanol–water partition coefficient (Wildman–Crippen LogP) is 1.03. The van der Waals surface area contributed by atoms with Crippen LogP contribution in [-0.2, 0) is 9.59 Å². The van der Waals surface area contributed by atoms with E-state index in [0.29, 0.717) is 38.3 Å². The maximum absolute atomic E-state index is 12.9. The molecular formula is C20H28N4O3S. The molecule has 0 aliphatic carbocycles. The number of piperidine rings is 1. The maximum atomic E-state index is 12.9. The number of thioether (sulfide) groups is 1. The standard InChI is InChI=1S/C20H28N4O3S/c21-18(25)15-28-17-7-3-2-6-16(17)20(27)24-12-10-22(11-13-24)14-19(26)23-8-4-1-5-9-23/h2-3,6-7H,1,4-5,8-15H2,(H2,21,25). The Morgan fingerprint density at radius 1 is 0.893 bits per heavy atom. The molecule has 152 valence electrons. The van der Waals surface area contributed by atoms with E-state index in [-0.39, 0.29) is 17.6 Å². The van der Waals surface area contributed by atoms with Crippen molar-refractivity contribution in [1.82, 2.24) is 14.7 Å². The number of carbonyl (C=O) groups excluding carboxylic acids is 3. The Hall–Kier alpha value is -2.06. The second kappa shape index (κ2) is 9.93. The van der Waals surface area contributed by atoms with Crippen molar-refractivity contribution in [1.29, 1.82) is 0 Å². The number of nitrogens with zero attached hydrogens (tertiary/aromatic N) is 3. The topological polar surface area (TPSA) is 87.0 Å². The molecule has 0 atom stereocenters. The minimum absolute atomic E-state index is 0.0328. The SMILES string of the molecule is NC(=O)CSc1ccccc1C(=O)N1CCN(CC(=O)N2CCCCC2)CC1. The molecule has 3 rings (SSSR count).